The van der Waals surface area contributed by atoms with Crippen LogP contribution < -0.4 is 0 Å². The number of likely N-dealkylation sites (N-methyl/N-ethyl adjacent to an activating group) is 1. The average Bonchev–Trinajstić information content (AvgIpc) is 2.16. The Morgan fingerprint density at radius 2 is 1.92 bits per heavy atom. The van der Waals surface area contributed by atoms with Gasteiger partial charge in [0.05, 0.1) is 26.7 Å². The number of methoxy groups -OCH3 is 1. The van der Waals surface area contributed by atoms with Crippen molar-refractivity contribution >= 4 is 0 Å². The molecule has 0 aromatic rings. The Hall–Kier alpha value is -0.0800. The largest absolute Gasteiger partial charge is 0.379 e. The SMILES string of the molecule is CCC1CC[N+](C)(CCOC)CC1. The van der Waals surface area contributed by atoms with Crippen LogP contribution in [0.25, 0.3) is 0 Å². The molecule has 0 aliphatic carbocycles. The third-order valence-electron chi connectivity index (χ3n) is 3.57. The number of piperidine rings is 1. The van der Waals surface area contributed by atoms with Gasteiger partial charge in [-0.1, -0.05) is 13.3 Å². The van der Waals surface area contributed by atoms with Gasteiger partial charge in [0.25, 0.3) is 0 Å². The van der Waals surface area contributed by atoms with Crippen LogP contribution in [0, 0.1) is 5.92 Å². The van der Waals surface area contributed by atoms with Crippen molar-refractivity contribution in [2.24, 2.45) is 5.92 Å². The van der Waals surface area contributed by atoms with E-state index in [0.717, 1.165) is 12.5 Å². The van der Waals surface area contributed by atoms with Crippen molar-refractivity contribution in [1.82, 2.24) is 0 Å². The molecule has 78 valence electrons. The van der Waals surface area contributed by atoms with E-state index in [1.807, 2.05) is 0 Å². The summed E-state index contributed by atoms with van der Waals surface area (Å²) in [7, 11) is 4.16. The molecule has 2 nitrogen and oxygen atoms in total. The zero-order valence-corrected chi connectivity index (χ0v) is 9.38. The van der Waals surface area contributed by atoms with Crippen LogP contribution >= 0.6 is 0 Å². The molecule has 0 atom stereocenters. The molecule has 1 fully saturated rings. The molecule has 0 aromatic carbocycles. The second-order valence-electron chi connectivity index (χ2n) is 4.63. The van der Waals surface area contributed by atoms with Gasteiger partial charge in [-0.25, -0.2) is 0 Å². The summed E-state index contributed by atoms with van der Waals surface area (Å²) in [6.07, 6.45) is 4.19. The maximum absolute atomic E-state index is 5.15. The number of hydrogen-bond acceptors (Lipinski definition) is 1. The third kappa shape index (κ3) is 3.28. The smallest absolute Gasteiger partial charge is 0.102 e. The lowest BCUT2D eigenvalue weighted by molar-refractivity contribution is -0.915. The lowest BCUT2D eigenvalue weighted by atomic mass is 9.93. The highest BCUT2D eigenvalue weighted by Gasteiger charge is 2.28. The van der Waals surface area contributed by atoms with Gasteiger partial charge in [0, 0.05) is 7.11 Å². The molecule has 1 aliphatic heterocycles. The zero-order valence-electron chi connectivity index (χ0n) is 9.38. The van der Waals surface area contributed by atoms with Crippen molar-refractivity contribution < 1.29 is 9.22 Å². The number of quaternary nitrogens is 1. The molecule has 2 heteroatoms. The third-order valence-corrected chi connectivity index (χ3v) is 3.57. The van der Waals surface area contributed by atoms with Gasteiger partial charge in [-0.05, 0) is 18.8 Å². The van der Waals surface area contributed by atoms with Crippen LogP contribution in [0.4, 0.5) is 0 Å². The molecular formula is C11H24NO+. The lowest BCUT2D eigenvalue weighted by Gasteiger charge is -2.40. The summed E-state index contributed by atoms with van der Waals surface area (Å²) in [4.78, 5) is 0. The lowest BCUT2D eigenvalue weighted by Crippen LogP contribution is -2.51. The molecule has 1 aliphatic rings. The Labute approximate surface area is 82.5 Å². The fraction of sp³-hybridized carbons (Fsp3) is 1.00. The van der Waals surface area contributed by atoms with E-state index in [1.165, 1.54) is 43.4 Å². The van der Waals surface area contributed by atoms with Crippen LogP contribution in [-0.2, 0) is 4.74 Å². The number of nitrogens with zero attached hydrogens (tertiary/aromatic N) is 1. The standard InChI is InChI=1S/C11H24NO/c1-4-11-5-7-12(2,8-6-11)9-10-13-3/h11H,4-10H2,1-3H3/q+1. The maximum atomic E-state index is 5.15. The van der Waals surface area contributed by atoms with Gasteiger partial charge in [-0.2, -0.15) is 0 Å². The van der Waals surface area contributed by atoms with Gasteiger partial charge < -0.3 is 9.22 Å². The van der Waals surface area contributed by atoms with Crippen LogP contribution in [0.15, 0.2) is 0 Å². The fourth-order valence-corrected chi connectivity index (χ4v) is 2.19. The predicted molar refractivity (Wildman–Crippen MR) is 55.7 cm³/mol. The molecule has 1 saturated heterocycles. The highest BCUT2D eigenvalue weighted by Crippen LogP contribution is 2.23. The first kappa shape index (κ1) is 11.0. The molecule has 0 spiro atoms. The van der Waals surface area contributed by atoms with Gasteiger partial charge in [-0.3, -0.25) is 0 Å². The monoisotopic (exact) mass is 186 g/mol. The zero-order chi connectivity index (χ0) is 9.73. The first-order valence-electron chi connectivity index (χ1n) is 5.52. The Bertz CT molecular complexity index is 139. The van der Waals surface area contributed by atoms with E-state index in [0.29, 0.717) is 0 Å². The summed E-state index contributed by atoms with van der Waals surface area (Å²) in [6.45, 7) is 7.11. The van der Waals surface area contributed by atoms with Crippen molar-refractivity contribution in [2.75, 3.05) is 40.4 Å². The van der Waals surface area contributed by atoms with Gasteiger partial charge >= 0.3 is 0 Å². The Morgan fingerprint density at radius 3 is 2.38 bits per heavy atom. The molecule has 0 N–H and O–H groups in total. The Morgan fingerprint density at radius 1 is 1.31 bits per heavy atom. The molecule has 0 saturated carbocycles. The molecule has 1 heterocycles. The van der Waals surface area contributed by atoms with Crippen molar-refractivity contribution in [3.05, 3.63) is 0 Å². The second-order valence-corrected chi connectivity index (χ2v) is 4.63. The van der Waals surface area contributed by atoms with Crippen molar-refractivity contribution in [3.63, 3.8) is 0 Å². The minimum atomic E-state index is 0.910. The number of rotatable bonds is 4. The molecule has 0 radical (unpaired) electrons. The molecule has 1 rings (SSSR count). The second kappa shape index (κ2) is 4.97. The van der Waals surface area contributed by atoms with Gasteiger partial charge in [-0.15, -0.1) is 0 Å². The Balaban J connectivity index is 2.28. The highest BCUT2D eigenvalue weighted by atomic mass is 16.5. The predicted octanol–water partition coefficient (Wildman–Crippen LogP) is 1.90. The maximum Gasteiger partial charge on any atom is 0.102 e. The van der Waals surface area contributed by atoms with E-state index in [-0.39, 0.29) is 0 Å². The average molecular weight is 186 g/mol. The molecular weight excluding hydrogens is 162 g/mol. The van der Waals surface area contributed by atoms with Crippen molar-refractivity contribution in [1.29, 1.82) is 0 Å². The quantitative estimate of drug-likeness (QED) is 0.609. The van der Waals surface area contributed by atoms with Crippen molar-refractivity contribution in [3.8, 4) is 0 Å². The minimum absolute atomic E-state index is 0.910. The van der Waals surface area contributed by atoms with Crippen LogP contribution in [0.5, 0.6) is 0 Å². The van der Waals surface area contributed by atoms with Crippen molar-refractivity contribution in [2.45, 2.75) is 26.2 Å². The number of likely N-dealkylation sites (tertiary alicyclic amines) is 1. The van der Waals surface area contributed by atoms with E-state index in [9.17, 15) is 0 Å². The van der Waals surface area contributed by atoms with Gasteiger partial charge in [0.1, 0.15) is 6.54 Å². The van der Waals surface area contributed by atoms with E-state index < -0.39 is 0 Å². The Kier molecular flexibility index (Phi) is 4.20. The number of hydrogen-bond donors (Lipinski definition) is 0. The molecule has 13 heavy (non-hydrogen) atoms. The highest BCUT2D eigenvalue weighted by molar-refractivity contribution is 4.62. The summed E-state index contributed by atoms with van der Waals surface area (Å²) < 4.78 is 6.37. The first-order chi connectivity index (χ1) is 6.20. The normalized spacial score (nSPS) is 34.8. The van der Waals surface area contributed by atoms with Crippen LogP contribution in [0.2, 0.25) is 0 Å². The summed E-state index contributed by atoms with van der Waals surface area (Å²) >= 11 is 0. The van der Waals surface area contributed by atoms with Gasteiger partial charge in [0.15, 0.2) is 0 Å². The van der Waals surface area contributed by atoms with E-state index in [1.54, 1.807) is 7.11 Å². The van der Waals surface area contributed by atoms with Crippen LogP contribution in [0.3, 0.4) is 0 Å². The molecule has 0 unspecified atom stereocenters. The number of ether oxygens (including phenoxy) is 1. The molecule has 0 amide bonds. The molecule has 0 bridgehead atoms. The van der Waals surface area contributed by atoms with Gasteiger partial charge in [0.2, 0.25) is 0 Å². The summed E-state index contributed by atoms with van der Waals surface area (Å²) in [6, 6.07) is 0. The summed E-state index contributed by atoms with van der Waals surface area (Å²) in [5, 5.41) is 0. The molecule has 0 aromatic heterocycles. The van der Waals surface area contributed by atoms with E-state index in [2.05, 4.69) is 14.0 Å². The fourth-order valence-electron chi connectivity index (χ4n) is 2.19. The van der Waals surface area contributed by atoms with E-state index in [4.69, 9.17) is 4.74 Å². The van der Waals surface area contributed by atoms with Crippen LogP contribution in [0.1, 0.15) is 26.2 Å². The summed E-state index contributed by atoms with van der Waals surface area (Å²) in [5.41, 5.74) is 0. The first-order valence-corrected chi connectivity index (χ1v) is 5.52. The van der Waals surface area contributed by atoms with Crippen LogP contribution in [-0.4, -0.2) is 44.9 Å². The van der Waals surface area contributed by atoms with E-state index >= 15 is 0 Å². The summed E-state index contributed by atoms with van der Waals surface area (Å²) in [5.74, 6) is 0.994. The topological polar surface area (TPSA) is 9.23 Å². The minimum Gasteiger partial charge on any atom is -0.379 e.